The van der Waals surface area contributed by atoms with Crippen molar-refractivity contribution in [2.75, 3.05) is 47.0 Å². The second-order valence-corrected chi connectivity index (χ2v) is 7.74. The maximum atomic E-state index is 11.5. The molecule has 1 aromatic rings. The number of halogens is 1. The Morgan fingerprint density at radius 2 is 2.08 bits per heavy atom. The number of ether oxygens (including phenoxy) is 2. The molecule has 2 saturated heterocycles. The molecule has 3 rings (SSSR count). The highest BCUT2D eigenvalue weighted by Gasteiger charge is 2.52. The molecule has 1 atom stereocenters. The first-order valence-electron chi connectivity index (χ1n) is 8.87. The van der Waals surface area contributed by atoms with Gasteiger partial charge in [-0.3, -0.25) is 9.69 Å². The van der Waals surface area contributed by atoms with Gasteiger partial charge >= 0.3 is 0 Å². The van der Waals surface area contributed by atoms with Crippen LogP contribution in [0.25, 0.3) is 0 Å². The van der Waals surface area contributed by atoms with E-state index in [9.17, 15) is 4.79 Å². The zero-order valence-corrected chi connectivity index (χ0v) is 15.8. The Hall–Kier alpha value is -1.14. The summed E-state index contributed by atoms with van der Waals surface area (Å²) in [6.07, 6.45) is 2.04. The van der Waals surface area contributed by atoms with Crippen LogP contribution in [-0.2, 0) is 20.8 Å². The van der Waals surface area contributed by atoms with E-state index in [1.165, 1.54) is 5.56 Å². The number of carbonyl (C=O) groups is 1. The Labute approximate surface area is 154 Å². The van der Waals surface area contributed by atoms with E-state index in [0.717, 1.165) is 44.1 Å². The normalized spacial score (nSPS) is 22.1. The van der Waals surface area contributed by atoms with Crippen LogP contribution in [0, 0.1) is 5.92 Å². The Kier molecular flexibility index (Phi) is 6.00. The summed E-state index contributed by atoms with van der Waals surface area (Å²) >= 11 is 5.94. The quantitative estimate of drug-likeness (QED) is 0.695. The lowest BCUT2D eigenvalue weighted by molar-refractivity contribution is -0.141. The minimum atomic E-state index is -0.0126. The van der Waals surface area contributed by atoms with E-state index in [1.54, 1.807) is 19.0 Å². The van der Waals surface area contributed by atoms with Crippen molar-refractivity contribution in [1.82, 2.24) is 9.80 Å². The molecule has 1 aromatic carbocycles. The monoisotopic (exact) mass is 366 g/mol. The Bertz CT molecular complexity index is 585. The topological polar surface area (TPSA) is 42.0 Å². The van der Waals surface area contributed by atoms with Gasteiger partial charge in [0, 0.05) is 52.0 Å². The van der Waals surface area contributed by atoms with Gasteiger partial charge in [-0.2, -0.15) is 0 Å². The molecule has 0 saturated carbocycles. The average Bonchev–Trinajstić information content (AvgIpc) is 2.96. The van der Waals surface area contributed by atoms with Gasteiger partial charge in [0.1, 0.15) is 6.61 Å². The van der Waals surface area contributed by atoms with E-state index in [-0.39, 0.29) is 18.1 Å². The standard InChI is InChI=1S/C19H27ClN2O3/c1-21(2)18(23)12-24-9-7-16-8-10-25-19(16)13-22(14-19)11-15-3-5-17(20)6-4-15/h3-6,16H,7-14H2,1-2H3/t16-/m0/s1. The molecule has 5 nitrogen and oxygen atoms in total. The summed E-state index contributed by atoms with van der Waals surface area (Å²) in [4.78, 5) is 15.5. The summed E-state index contributed by atoms with van der Waals surface area (Å²) in [6.45, 7) is 4.48. The fraction of sp³-hybridized carbons (Fsp3) is 0.632. The zero-order valence-electron chi connectivity index (χ0n) is 15.0. The van der Waals surface area contributed by atoms with Gasteiger partial charge in [-0.25, -0.2) is 0 Å². The van der Waals surface area contributed by atoms with Crippen LogP contribution in [0.4, 0.5) is 0 Å². The first kappa shape index (κ1) is 18.6. The summed E-state index contributed by atoms with van der Waals surface area (Å²) < 4.78 is 11.6. The minimum Gasteiger partial charge on any atom is -0.372 e. The molecule has 2 aliphatic rings. The number of rotatable bonds is 7. The van der Waals surface area contributed by atoms with Crippen molar-refractivity contribution >= 4 is 17.5 Å². The van der Waals surface area contributed by atoms with Crippen molar-refractivity contribution in [3.8, 4) is 0 Å². The molecular weight excluding hydrogens is 340 g/mol. The lowest BCUT2D eigenvalue weighted by Gasteiger charge is -2.50. The SMILES string of the molecule is CN(C)C(=O)COCC[C@H]1CCOC12CN(Cc1ccc(Cl)cc1)C2. The lowest BCUT2D eigenvalue weighted by Crippen LogP contribution is -2.64. The third-order valence-electron chi connectivity index (χ3n) is 5.24. The fourth-order valence-electron chi connectivity index (χ4n) is 3.73. The maximum absolute atomic E-state index is 11.5. The van der Waals surface area contributed by atoms with Gasteiger partial charge in [-0.05, 0) is 36.5 Å². The van der Waals surface area contributed by atoms with Crippen LogP contribution in [0.2, 0.25) is 5.02 Å². The first-order chi connectivity index (χ1) is 12.0. The number of amides is 1. The van der Waals surface area contributed by atoms with Gasteiger partial charge in [0.15, 0.2) is 0 Å². The molecule has 0 radical (unpaired) electrons. The minimum absolute atomic E-state index is 0.00942. The molecule has 0 bridgehead atoms. The van der Waals surface area contributed by atoms with Crippen LogP contribution in [-0.4, -0.2) is 68.3 Å². The van der Waals surface area contributed by atoms with Gasteiger partial charge in [-0.1, -0.05) is 23.7 Å². The maximum Gasteiger partial charge on any atom is 0.248 e. The van der Waals surface area contributed by atoms with E-state index >= 15 is 0 Å². The fourth-order valence-corrected chi connectivity index (χ4v) is 3.85. The van der Waals surface area contributed by atoms with Crippen LogP contribution >= 0.6 is 11.6 Å². The zero-order chi connectivity index (χ0) is 17.9. The molecule has 0 aromatic heterocycles. The summed E-state index contributed by atoms with van der Waals surface area (Å²) in [5.41, 5.74) is 1.26. The highest BCUT2D eigenvalue weighted by atomic mass is 35.5. The summed E-state index contributed by atoms with van der Waals surface area (Å²) in [5.74, 6) is 0.526. The Morgan fingerprint density at radius 1 is 1.36 bits per heavy atom. The Balaban J connectivity index is 1.42. The second-order valence-electron chi connectivity index (χ2n) is 7.30. The number of hydrogen-bond donors (Lipinski definition) is 0. The van der Waals surface area contributed by atoms with Crippen molar-refractivity contribution in [3.63, 3.8) is 0 Å². The predicted molar refractivity (Wildman–Crippen MR) is 97.6 cm³/mol. The van der Waals surface area contributed by atoms with Crippen LogP contribution < -0.4 is 0 Å². The third kappa shape index (κ3) is 4.53. The number of likely N-dealkylation sites (N-methyl/N-ethyl adjacent to an activating group) is 1. The number of benzene rings is 1. The van der Waals surface area contributed by atoms with Crippen LogP contribution in [0.3, 0.4) is 0 Å². The second kappa shape index (κ2) is 8.04. The van der Waals surface area contributed by atoms with Crippen LogP contribution in [0.15, 0.2) is 24.3 Å². The predicted octanol–water partition coefficient (Wildman–Crippen LogP) is 2.43. The van der Waals surface area contributed by atoms with Crippen molar-refractivity contribution in [2.24, 2.45) is 5.92 Å². The van der Waals surface area contributed by atoms with E-state index in [0.29, 0.717) is 12.5 Å². The molecule has 1 spiro atoms. The number of hydrogen-bond acceptors (Lipinski definition) is 4. The van der Waals surface area contributed by atoms with Gasteiger partial charge in [0.25, 0.3) is 0 Å². The molecule has 0 aliphatic carbocycles. The third-order valence-corrected chi connectivity index (χ3v) is 5.49. The van der Waals surface area contributed by atoms with Gasteiger partial charge in [0.05, 0.1) is 5.60 Å². The van der Waals surface area contributed by atoms with Crippen molar-refractivity contribution in [3.05, 3.63) is 34.9 Å². The summed E-state index contributed by atoms with van der Waals surface area (Å²) in [7, 11) is 3.49. The molecule has 0 unspecified atom stereocenters. The van der Waals surface area contributed by atoms with Crippen molar-refractivity contribution < 1.29 is 14.3 Å². The lowest BCUT2D eigenvalue weighted by atomic mass is 9.79. The van der Waals surface area contributed by atoms with E-state index in [2.05, 4.69) is 17.0 Å². The summed E-state index contributed by atoms with van der Waals surface area (Å²) in [5, 5.41) is 0.774. The highest BCUT2D eigenvalue weighted by molar-refractivity contribution is 6.30. The van der Waals surface area contributed by atoms with Gasteiger partial charge in [0.2, 0.25) is 5.91 Å². The largest absolute Gasteiger partial charge is 0.372 e. The molecule has 2 fully saturated rings. The molecule has 2 aliphatic heterocycles. The molecule has 0 N–H and O–H groups in total. The molecule has 2 heterocycles. The van der Waals surface area contributed by atoms with Gasteiger partial charge in [-0.15, -0.1) is 0 Å². The van der Waals surface area contributed by atoms with Crippen LogP contribution in [0.5, 0.6) is 0 Å². The average molecular weight is 367 g/mol. The number of carbonyl (C=O) groups excluding carboxylic acids is 1. The summed E-state index contributed by atoms with van der Waals surface area (Å²) in [6, 6.07) is 8.03. The molecule has 1 amide bonds. The molecule has 25 heavy (non-hydrogen) atoms. The van der Waals surface area contributed by atoms with Crippen molar-refractivity contribution in [2.45, 2.75) is 25.0 Å². The molecule has 138 valence electrons. The highest BCUT2D eigenvalue weighted by Crippen LogP contribution is 2.42. The molecular formula is C19H27ClN2O3. The van der Waals surface area contributed by atoms with E-state index in [4.69, 9.17) is 21.1 Å². The van der Waals surface area contributed by atoms with Crippen molar-refractivity contribution in [1.29, 1.82) is 0 Å². The smallest absolute Gasteiger partial charge is 0.248 e. The number of likely N-dealkylation sites (tertiary alicyclic amines) is 1. The first-order valence-corrected chi connectivity index (χ1v) is 9.25. The van der Waals surface area contributed by atoms with E-state index in [1.807, 2.05) is 12.1 Å². The van der Waals surface area contributed by atoms with E-state index < -0.39 is 0 Å². The van der Waals surface area contributed by atoms with Gasteiger partial charge < -0.3 is 14.4 Å². The van der Waals surface area contributed by atoms with Crippen LogP contribution in [0.1, 0.15) is 18.4 Å². The number of nitrogens with zero attached hydrogens (tertiary/aromatic N) is 2. The molecule has 6 heteroatoms. The Morgan fingerprint density at radius 3 is 2.76 bits per heavy atom.